The van der Waals surface area contributed by atoms with Crippen molar-refractivity contribution in [3.63, 3.8) is 0 Å². The van der Waals surface area contributed by atoms with Crippen LogP contribution in [-0.2, 0) is 11.3 Å². The Balaban J connectivity index is 2.20. The lowest BCUT2D eigenvalue weighted by atomic mass is 10.1. The van der Waals surface area contributed by atoms with Gasteiger partial charge in [-0.15, -0.1) is 0 Å². The van der Waals surface area contributed by atoms with E-state index >= 15 is 0 Å². The minimum atomic E-state index is -0.0635. The third-order valence-electron chi connectivity index (χ3n) is 3.24. The number of fused-ring (bicyclic) bond motifs is 1. The highest BCUT2D eigenvalue weighted by molar-refractivity contribution is 9.10. The van der Waals surface area contributed by atoms with E-state index in [1.165, 1.54) is 10.9 Å². The summed E-state index contributed by atoms with van der Waals surface area (Å²) in [5, 5.41) is 1.27. The second-order valence-electron chi connectivity index (χ2n) is 4.93. The van der Waals surface area contributed by atoms with Crippen molar-refractivity contribution in [2.45, 2.75) is 32.4 Å². The number of aryl methyl sites for hydroxylation is 1. The van der Waals surface area contributed by atoms with Gasteiger partial charge in [0.1, 0.15) is 0 Å². The maximum absolute atomic E-state index is 5.45. The quantitative estimate of drug-likeness (QED) is 0.824. The summed E-state index contributed by atoms with van der Waals surface area (Å²) in [7, 11) is 1.77. The number of hydrogen-bond donors (Lipinski definition) is 0. The van der Waals surface area contributed by atoms with Crippen LogP contribution in [0, 0.1) is 0 Å². The Hall–Kier alpha value is -0.800. The van der Waals surface area contributed by atoms with Gasteiger partial charge in [-0.1, -0.05) is 15.9 Å². The Morgan fingerprint density at radius 1 is 1.29 bits per heavy atom. The molecule has 17 heavy (non-hydrogen) atoms. The predicted octanol–water partition coefficient (Wildman–Crippen LogP) is 4.22. The van der Waals surface area contributed by atoms with E-state index in [0.29, 0.717) is 0 Å². The van der Waals surface area contributed by atoms with E-state index in [1.54, 1.807) is 7.11 Å². The third-order valence-corrected chi connectivity index (χ3v) is 3.73. The Labute approximate surface area is 111 Å². The largest absolute Gasteiger partial charge is 0.379 e. The molecule has 0 radical (unpaired) electrons. The second-order valence-corrected chi connectivity index (χ2v) is 5.84. The lowest BCUT2D eigenvalue weighted by Gasteiger charge is -2.23. The summed E-state index contributed by atoms with van der Waals surface area (Å²) in [6.07, 6.45) is 3.15. The molecular weight excluding hydrogens is 278 g/mol. The fourth-order valence-electron chi connectivity index (χ4n) is 1.86. The molecule has 0 spiro atoms. The van der Waals surface area contributed by atoms with E-state index < -0.39 is 0 Å². The molecule has 0 N–H and O–H groups in total. The summed E-state index contributed by atoms with van der Waals surface area (Å²) in [6.45, 7) is 5.22. The number of aromatic nitrogens is 1. The van der Waals surface area contributed by atoms with Crippen LogP contribution >= 0.6 is 15.9 Å². The van der Waals surface area contributed by atoms with Gasteiger partial charge in [0.15, 0.2) is 0 Å². The van der Waals surface area contributed by atoms with Gasteiger partial charge in [-0.25, -0.2) is 0 Å². The van der Waals surface area contributed by atoms with E-state index in [9.17, 15) is 0 Å². The molecule has 0 aliphatic heterocycles. The summed E-state index contributed by atoms with van der Waals surface area (Å²) in [6, 6.07) is 8.53. The van der Waals surface area contributed by atoms with Crippen molar-refractivity contribution in [3.8, 4) is 0 Å². The molecule has 0 bridgehead atoms. The van der Waals surface area contributed by atoms with Crippen LogP contribution in [0.2, 0.25) is 0 Å². The van der Waals surface area contributed by atoms with Crippen molar-refractivity contribution in [2.75, 3.05) is 7.11 Å². The van der Waals surface area contributed by atoms with Gasteiger partial charge in [0.05, 0.1) is 5.60 Å². The van der Waals surface area contributed by atoms with Crippen LogP contribution in [0.3, 0.4) is 0 Å². The third kappa shape index (κ3) is 2.90. The molecule has 3 heteroatoms. The summed E-state index contributed by atoms with van der Waals surface area (Å²) < 4.78 is 8.85. The fraction of sp³-hybridized carbons (Fsp3) is 0.429. The standard InChI is InChI=1S/C14H18BrNO/c1-14(2,17-3)7-9-16-8-6-11-10-12(15)4-5-13(11)16/h4-6,8,10H,7,9H2,1-3H3. The smallest absolute Gasteiger partial charge is 0.0639 e. The van der Waals surface area contributed by atoms with Crippen LogP contribution in [-0.4, -0.2) is 17.3 Å². The van der Waals surface area contributed by atoms with Gasteiger partial charge >= 0.3 is 0 Å². The van der Waals surface area contributed by atoms with Crippen molar-refractivity contribution >= 4 is 26.8 Å². The highest BCUT2D eigenvalue weighted by Crippen LogP contribution is 2.22. The average molecular weight is 296 g/mol. The number of ether oxygens (including phenoxy) is 1. The maximum Gasteiger partial charge on any atom is 0.0639 e. The zero-order chi connectivity index (χ0) is 12.5. The molecule has 0 amide bonds. The Morgan fingerprint density at radius 2 is 2.06 bits per heavy atom. The molecular formula is C14H18BrNO. The number of rotatable bonds is 4. The van der Waals surface area contributed by atoms with Crippen LogP contribution in [0.4, 0.5) is 0 Å². The molecule has 1 heterocycles. The Kier molecular flexibility index (Phi) is 3.59. The predicted molar refractivity (Wildman–Crippen MR) is 75.3 cm³/mol. The monoisotopic (exact) mass is 295 g/mol. The molecule has 0 atom stereocenters. The van der Waals surface area contributed by atoms with Gasteiger partial charge in [0.2, 0.25) is 0 Å². The summed E-state index contributed by atoms with van der Waals surface area (Å²) in [5.41, 5.74) is 1.21. The molecule has 2 rings (SSSR count). The zero-order valence-corrected chi connectivity index (χ0v) is 12.1. The first-order chi connectivity index (χ1) is 8.02. The lowest BCUT2D eigenvalue weighted by Crippen LogP contribution is -2.24. The first kappa shape index (κ1) is 12.7. The van der Waals surface area contributed by atoms with Gasteiger partial charge < -0.3 is 9.30 Å². The van der Waals surface area contributed by atoms with E-state index in [0.717, 1.165) is 17.4 Å². The average Bonchev–Trinajstić information content (AvgIpc) is 2.69. The maximum atomic E-state index is 5.45. The SMILES string of the molecule is COC(C)(C)CCn1ccc2cc(Br)ccc21. The van der Waals surface area contributed by atoms with Crippen LogP contribution in [0.1, 0.15) is 20.3 Å². The van der Waals surface area contributed by atoms with Crippen molar-refractivity contribution in [1.29, 1.82) is 0 Å². The van der Waals surface area contributed by atoms with E-state index in [-0.39, 0.29) is 5.60 Å². The van der Waals surface area contributed by atoms with Crippen molar-refractivity contribution in [2.24, 2.45) is 0 Å². The minimum Gasteiger partial charge on any atom is -0.379 e. The first-order valence-electron chi connectivity index (χ1n) is 5.81. The molecule has 0 aliphatic rings. The molecule has 0 aliphatic carbocycles. The fourth-order valence-corrected chi connectivity index (χ4v) is 2.24. The Morgan fingerprint density at radius 3 is 2.76 bits per heavy atom. The van der Waals surface area contributed by atoms with Gasteiger partial charge in [0.25, 0.3) is 0 Å². The normalized spacial score (nSPS) is 12.2. The number of nitrogens with zero attached hydrogens (tertiary/aromatic N) is 1. The molecule has 92 valence electrons. The highest BCUT2D eigenvalue weighted by atomic mass is 79.9. The molecule has 2 nitrogen and oxygen atoms in total. The second kappa shape index (κ2) is 4.83. The molecule has 0 saturated carbocycles. The van der Waals surface area contributed by atoms with Gasteiger partial charge in [-0.2, -0.15) is 0 Å². The number of halogens is 1. The molecule has 1 aromatic heterocycles. The number of hydrogen-bond acceptors (Lipinski definition) is 1. The van der Waals surface area contributed by atoms with Crippen LogP contribution in [0.25, 0.3) is 10.9 Å². The van der Waals surface area contributed by atoms with Gasteiger partial charge in [-0.3, -0.25) is 0 Å². The molecule has 0 saturated heterocycles. The highest BCUT2D eigenvalue weighted by Gasteiger charge is 2.16. The summed E-state index contributed by atoms with van der Waals surface area (Å²) >= 11 is 3.49. The van der Waals surface area contributed by atoms with E-state index in [2.05, 4.69) is 64.8 Å². The van der Waals surface area contributed by atoms with E-state index in [4.69, 9.17) is 4.74 Å². The van der Waals surface area contributed by atoms with Crippen LogP contribution in [0.5, 0.6) is 0 Å². The van der Waals surface area contributed by atoms with Crippen molar-refractivity contribution in [1.82, 2.24) is 4.57 Å². The molecule has 0 fully saturated rings. The molecule has 1 aromatic carbocycles. The zero-order valence-electron chi connectivity index (χ0n) is 10.5. The number of methoxy groups -OCH3 is 1. The first-order valence-corrected chi connectivity index (χ1v) is 6.61. The summed E-state index contributed by atoms with van der Waals surface area (Å²) in [5.74, 6) is 0. The van der Waals surface area contributed by atoms with Gasteiger partial charge in [-0.05, 0) is 44.5 Å². The van der Waals surface area contributed by atoms with Crippen molar-refractivity contribution < 1.29 is 4.74 Å². The summed E-state index contributed by atoms with van der Waals surface area (Å²) in [4.78, 5) is 0. The number of benzene rings is 1. The van der Waals surface area contributed by atoms with Crippen molar-refractivity contribution in [3.05, 3.63) is 34.9 Å². The lowest BCUT2D eigenvalue weighted by molar-refractivity contribution is 0.0123. The van der Waals surface area contributed by atoms with Crippen LogP contribution < -0.4 is 0 Å². The van der Waals surface area contributed by atoms with E-state index in [1.807, 2.05) is 0 Å². The Bertz CT molecular complexity index is 516. The molecule has 2 aromatic rings. The molecule has 0 unspecified atom stereocenters. The van der Waals surface area contributed by atoms with Crippen LogP contribution in [0.15, 0.2) is 34.9 Å². The minimum absolute atomic E-state index is 0.0635. The van der Waals surface area contributed by atoms with Gasteiger partial charge in [0, 0.05) is 35.2 Å². The topological polar surface area (TPSA) is 14.2 Å².